The summed E-state index contributed by atoms with van der Waals surface area (Å²) in [5.41, 5.74) is 2.59. The molecule has 0 aliphatic heterocycles. The summed E-state index contributed by atoms with van der Waals surface area (Å²) in [4.78, 5) is 4.49. The topological polar surface area (TPSA) is 12.9 Å². The Bertz CT molecular complexity index is 382. The van der Waals surface area contributed by atoms with Gasteiger partial charge in [-0.05, 0) is 56.1 Å². The second-order valence-electron chi connectivity index (χ2n) is 5.87. The third-order valence-electron chi connectivity index (χ3n) is 4.58. The first-order valence-electron chi connectivity index (χ1n) is 7.24. The molecule has 0 saturated heterocycles. The normalized spacial score (nSPS) is 25.7. The third kappa shape index (κ3) is 3.22. The lowest BCUT2D eigenvalue weighted by Gasteiger charge is -2.36. The largest absolute Gasteiger partial charge is 0.261 e. The molecular formula is C17H25N. The molecule has 1 heteroatoms. The zero-order chi connectivity index (χ0) is 13.0. The van der Waals surface area contributed by atoms with E-state index in [0.717, 1.165) is 18.3 Å². The molecule has 0 radical (unpaired) electrons. The Morgan fingerprint density at radius 1 is 1.39 bits per heavy atom. The maximum atomic E-state index is 4.49. The molecule has 98 valence electrons. The van der Waals surface area contributed by atoms with E-state index in [4.69, 9.17) is 0 Å². The number of hydrogen-bond acceptors (Lipinski definition) is 1. The Morgan fingerprint density at radius 2 is 2.17 bits per heavy atom. The fraction of sp³-hybridized carbons (Fsp3) is 0.588. The van der Waals surface area contributed by atoms with Gasteiger partial charge >= 0.3 is 0 Å². The van der Waals surface area contributed by atoms with Gasteiger partial charge in [-0.1, -0.05) is 38.0 Å². The Labute approximate surface area is 111 Å². The van der Waals surface area contributed by atoms with Gasteiger partial charge in [-0.3, -0.25) is 4.98 Å². The number of aromatic nitrogens is 1. The summed E-state index contributed by atoms with van der Waals surface area (Å²) in [6.45, 7) is 8.68. The van der Waals surface area contributed by atoms with Gasteiger partial charge in [0, 0.05) is 11.9 Å². The molecule has 0 amide bonds. The van der Waals surface area contributed by atoms with Gasteiger partial charge in [0.05, 0.1) is 0 Å². The van der Waals surface area contributed by atoms with E-state index in [1.54, 1.807) is 0 Å². The van der Waals surface area contributed by atoms with Crippen LogP contribution < -0.4 is 0 Å². The molecule has 1 aliphatic rings. The minimum absolute atomic E-state index is 0.652. The highest BCUT2D eigenvalue weighted by molar-refractivity contribution is 5.06. The summed E-state index contributed by atoms with van der Waals surface area (Å²) in [6.07, 6.45) is 8.56. The molecule has 0 N–H and O–H groups in total. The SMILES string of the molecule is C=C(C)C(C)C1CCCCC1Cc1ccccn1. The lowest BCUT2D eigenvalue weighted by Crippen LogP contribution is -2.27. The standard InChI is InChI=1S/C17H25N/c1-13(2)14(3)17-10-5-4-8-15(17)12-16-9-6-7-11-18-16/h6-7,9,11,14-15,17H,1,4-5,8,10,12H2,2-3H3. The van der Waals surface area contributed by atoms with Crippen LogP contribution in [0.15, 0.2) is 36.5 Å². The van der Waals surface area contributed by atoms with Crippen LogP contribution in [0.2, 0.25) is 0 Å². The summed E-state index contributed by atoms with van der Waals surface area (Å²) in [5.74, 6) is 2.25. The fourth-order valence-electron chi connectivity index (χ4n) is 3.30. The van der Waals surface area contributed by atoms with Gasteiger partial charge in [0.25, 0.3) is 0 Å². The molecule has 1 nitrogen and oxygen atoms in total. The molecular weight excluding hydrogens is 218 g/mol. The van der Waals surface area contributed by atoms with E-state index >= 15 is 0 Å². The van der Waals surface area contributed by atoms with E-state index in [9.17, 15) is 0 Å². The monoisotopic (exact) mass is 243 g/mol. The minimum atomic E-state index is 0.652. The van der Waals surface area contributed by atoms with E-state index in [2.05, 4.69) is 37.5 Å². The lowest BCUT2D eigenvalue weighted by atomic mass is 9.69. The molecule has 1 fully saturated rings. The zero-order valence-corrected chi connectivity index (χ0v) is 11.7. The van der Waals surface area contributed by atoms with Crippen molar-refractivity contribution in [1.82, 2.24) is 4.98 Å². The van der Waals surface area contributed by atoms with E-state index in [-0.39, 0.29) is 0 Å². The van der Waals surface area contributed by atoms with Crippen molar-refractivity contribution in [2.45, 2.75) is 46.0 Å². The molecule has 3 unspecified atom stereocenters. The second-order valence-corrected chi connectivity index (χ2v) is 5.87. The van der Waals surface area contributed by atoms with Crippen LogP contribution in [0.3, 0.4) is 0 Å². The zero-order valence-electron chi connectivity index (χ0n) is 11.7. The lowest BCUT2D eigenvalue weighted by molar-refractivity contribution is 0.187. The summed E-state index contributed by atoms with van der Waals surface area (Å²) < 4.78 is 0. The highest BCUT2D eigenvalue weighted by atomic mass is 14.7. The van der Waals surface area contributed by atoms with Crippen molar-refractivity contribution < 1.29 is 0 Å². The van der Waals surface area contributed by atoms with Crippen LogP contribution in [0.1, 0.15) is 45.2 Å². The van der Waals surface area contributed by atoms with Crippen LogP contribution in [0, 0.1) is 17.8 Å². The molecule has 1 heterocycles. The third-order valence-corrected chi connectivity index (χ3v) is 4.58. The molecule has 0 aromatic carbocycles. The highest BCUT2D eigenvalue weighted by Crippen LogP contribution is 2.39. The summed E-state index contributed by atoms with van der Waals surface area (Å²) >= 11 is 0. The van der Waals surface area contributed by atoms with Gasteiger partial charge in [0.1, 0.15) is 0 Å². The van der Waals surface area contributed by atoms with Crippen LogP contribution in [0.25, 0.3) is 0 Å². The van der Waals surface area contributed by atoms with Crippen LogP contribution >= 0.6 is 0 Å². The van der Waals surface area contributed by atoms with Crippen LogP contribution in [0.4, 0.5) is 0 Å². The van der Waals surface area contributed by atoms with Crippen LogP contribution in [-0.2, 0) is 6.42 Å². The Morgan fingerprint density at radius 3 is 2.83 bits per heavy atom. The quantitative estimate of drug-likeness (QED) is 0.702. The summed E-state index contributed by atoms with van der Waals surface area (Å²) in [7, 11) is 0. The average molecular weight is 243 g/mol. The Balaban J connectivity index is 2.06. The van der Waals surface area contributed by atoms with Crippen molar-refractivity contribution >= 4 is 0 Å². The Kier molecular flexibility index (Phi) is 4.57. The number of allylic oxidation sites excluding steroid dienone is 1. The van der Waals surface area contributed by atoms with E-state index in [1.165, 1.54) is 37.0 Å². The van der Waals surface area contributed by atoms with Crippen molar-refractivity contribution in [3.8, 4) is 0 Å². The molecule has 0 spiro atoms. The van der Waals surface area contributed by atoms with Gasteiger partial charge in [-0.15, -0.1) is 0 Å². The van der Waals surface area contributed by atoms with Crippen molar-refractivity contribution in [3.05, 3.63) is 42.2 Å². The van der Waals surface area contributed by atoms with Gasteiger partial charge in [-0.25, -0.2) is 0 Å². The number of pyridine rings is 1. The van der Waals surface area contributed by atoms with Crippen LogP contribution in [0.5, 0.6) is 0 Å². The number of rotatable bonds is 4. The number of hydrogen-bond donors (Lipinski definition) is 0. The first-order valence-corrected chi connectivity index (χ1v) is 7.24. The van der Waals surface area contributed by atoms with Gasteiger partial charge in [0.15, 0.2) is 0 Å². The molecule has 1 saturated carbocycles. The maximum Gasteiger partial charge on any atom is 0.0406 e. The van der Waals surface area contributed by atoms with Gasteiger partial charge in [-0.2, -0.15) is 0 Å². The Hall–Kier alpha value is -1.11. The van der Waals surface area contributed by atoms with Crippen molar-refractivity contribution in [3.63, 3.8) is 0 Å². The average Bonchev–Trinajstić information content (AvgIpc) is 2.39. The minimum Gasteiger partial charge on any atom is -0.261 e. The van der Waals surface area contributed by atoms with Crippen LogP contribution in [-0.4, -0.2) is 4.98 Å². The molecule has 1 aliphatic carbocycles. The van der Waals surface area contributed by atoms with Crippen molar-refractivity contribution in [2.24, 2.45) is 17.8 Å². The molecule has 3 atom stereocenters. The van der Waals surface area contributed by atoms with E-state index in [1.807, 2.05) is 12.3 Å². The predicted molar refractivity (Wildman–Crippen MR) is 77.4 cm³/mol. The molecule has 2 rings (SSSR count). The first-order chi connectivity index (χ1) is 8.68. The van der Waals surface area contributed by atoms with Crippen molar-refractivity contribution in [1.29, 1.82) is 0 Å². The van der Waals surface area contributed by atoms with Gasteiger partial charge in [0.2, 0.25) is 0 Å². The van der Waals surface area contributed by atoms with E-state index < -0.39 is 0 Å². The first kappa shape index (κ1) is 13.3. The highest BCUT2D eigenvalue weighted by Gasteiger charge is 2.29. The second kappa shape index (κ2) is 6.17. The summed E-state index contributed by atoms with van der Waals surface area (Å²) in [5, 5.41) is 0. The fourth-order valence-corrected chi connectivity index (χ4v) is 3.30. The molecule has 0 bridgehead atoms. The summed E-state index contributed by atoms with van der Waals surface area (Å²) in [6, 6.07) is 6.26. The molecule has 1 aromatic rings. The maximum absolute atomic E-state index is 4.49. The van der Waals surface area contributed by atoms with Gasteiger partial charge < -0.3 is 0 Å². The van der Waals surface area contributed by atoms with Crippen molar-refractivity contribution in [2.75, 3.05) is 0 Å². The smallest absolute Gasteiger partial charge is 0.0406 e. The molecule has 18 heavy (non-hydrogen) atoms. The van der Waals surface area contributed by atoms with E-state index in [0.29, 0.717) is 5.92 Å². The molecule has 1 aromatic heterocycles. The number of nitrogens with zero attached hydrogens (tertiary/aromatic N) is 1. The predicted octanol–water partition coefficient (Wildman–Crippen LogP) is 4.64.